The first-order valence-corrected chi connectivity index (χ1v) is 7.55. The molecule has 0 bridgehead atoms. The van der Waals surface area contributed by atoms with Crippen LogP contribution in [0.1, 0.15) is 56.0 Å². The van der Waals surface area contributed by atoms with Gasteiger partial charge in [-0.25, -0.2) is 4.98 Å². The summed E-state index contributed by atoms with van der Waals surface area (Å²) in [4.78, 5) is 7.88. The number of nitrogens with zero attached hydrogens (tertiary/aromatic N) is 1. The monoisotopic (exact) mass is 273 g/mol. The van der Waals surface area contributed by atoms with Gasteiger partial charge in [0.2, 0.25) is 0 Å². The van der Waals surface area contributed by atoms with Crippen LogP contribution in [-0.2, 0) is 0 Å². The predicted octanol–water partition coefficient (Wildman–Crippen LogP) is 2.85. The molecule has 20 heavy (non-hydrogen) atoms. The van der Waals surface area contributed by atoms with Crippen molar-refractivity contribution in [1.29, 1.82) is 0 Å². The van der Waals surface area contributed by atoms with Gasteiger partial charge in [-0.05, 0) is 36.5 Å². The second-order valence-electron chi connectivity index (χ2n) is 6.07. The molecule has 4 heteroatoms. The Balaban J connectivity index is 1.90. The van der Waals surface area contributed by atoms with E-state index >= 15 is 0 Å². The number of aliphatic hydroxyl groups excluding tert-OH is 1. The van der Waals surface area contributed by atoms with Gasteiger partial charge in [0.05, 0.1) is 17.1 Å². The van der Waals surface area contributed by atoms with Gasteiger partial charge in [-0.1, -0.05) is 25.8 Å². The van der Waals surface area contributed by atoms with Crippen LogP contribution in [0.3, 0.4) is 0 Å². The van der Waals surface area contributed by atoms with E-state index in [1.165, 1.54) is 31.2 Å². The minimum atomic E-state index is -0.248. The van der Waals surface area contributed by atoms with Crippen LogP contribution in [0.25, 0.3) is 11.0 Å². The van der Waals surface area contributed by atoms with Crippen LogP contribution >= 0.6 is 0 Å². The largest absolute Gasteiger partial charge is 0.396 e. The van der Waals surface area contributed by atoms with Crippen molar-refractivity contribution in [3.8, 4) is 0 Å². The van der Waals surface area contributed by atoms with E-state index in [0.717, 1.165) is 16.9 Å². The minimum Gasteiger partial charge on any atom is -0.396 e. The molecule has 2 aromatic rings. The van der Waals surface area contributed by atoms with Crippen LogP contribution in [-0.4, -0.2) is 21.7 Å². The smallest absolute Gasteiger partial charge is 0.124 e. The SMILES string of the molecule is C[C@@H](CO)[C@H](N)c1nc2ccc(C3CCCC3)cc2[nH]1. The zero-order valence-electron chi connectivity index (χ0n) is 12.0. The average molecular weight is 273 g/mol. The van der Waals surface area contributed by atoms with Gasteiger partial charge in [0.1, 0.15) is 5.82 Å². The van der Waals surface area contributed by atoms with Crippen molar-refractivity contribution in [2.45, 2.75) is 44.6 Å². The Morgan fingerprint density at radius 2 is 2.15 bits per heavy atom. The Bertz CT molecular complexity index is 586. The van der Waals surface area contributed by atoms with Gasteiger partial charge < -0.3 is 15.8 Å². The molecule has 1 aliphatic rings. The van der Waals surface area contributed by atoms with Crippen molar-refractivity contribution in [1.82, 2.24) is 9.97 Å². The number of nitrogens with two attached hydrogens (primary N) is 1. The van der Waals surface area contributed by atoms with Gasteiger partial charge in [0.25, 0.3) is 0 Å². The summed E-state index contributed by atoms with van der Waals surface area (Å²) in [6, 6.07) is 6.25. The van der Waals surface area contributed by atoms with Crippen molar-refractivity contribution in [2.75, 3.05) is 6.61 Å². The number of aliphatic hydroxyl groups is 1. The normalized spacial score (nSPS) is 19.6. The highest BCUT2D eigenvalue weighted by Crippen LogP contribution is 2.35. The molecule has 0 saturated heterocycles. The predicted molar refractivity (Wildman–Crippen MR) is 80.5 cm³/mol. The van der Waals surface area contributed by atoms with Crippen molar-refractivity contribution >= 4 is 11.0 Å². The molecule has 4 N–H and O–H groups in total. The molecule has 4 nitrogen and oxygen atoms in total. The average Bonchev–Trinajstić information content (AvgIpc) is 3.13. The fraction of sp³-hybridized carbons (Fsp3) is 0.562. The molecule has 3 rings (SSSR count). The topological polar surface area (TPSA) is 74.9 Å². The summed E-state index contributed by atoms with van der Waals surface area (Å²) in [6.07, 6.45) is 5.28. The molecule has 0 aliphatic heterocycles. The van der Waals surface area contributed by atoms with E-state index in [2.05, 4.69) is 28.2 Å². The third-order valence-electron chi connectivity index (χ3n) is 4.57. The number of imidazole rings is 1. The molecule has 108 valence electrons. The van der Waals surface area contributed by atoms with Gasteiger partial charge in [0.15, 0.2) is 0 Å². The summed E-state index contributed by atoms with van der Waals surface area (Å²) in [6.45, 7) is 2.01. The molecule has 0 radical (unpaired) electrons. The minimum absolute atomic E-state index is 0.00450. The van der Waals surface area contributed by atoms with E-state index in [4.69, 9.17) is 5.73 Å². The molecule has 1 heterocycles. The highest BCUT2D eigenvalue weighted by atomic mass is 16.3. The van der Waals surface area contributed by atoms with Crippen LogP contribution in [0, 0.1) is 5.92 Å². The van der Waals surface area contributed by atoms with Crippen molar-refractivity contribution < 1.29 is 5.11 Å². The maximum absolute atomic E-state index is 9.21. The molecule has 1 aromatic carbocycles. The lowest BCUT2D eigenvalue weighted by Crippen LogP contribution is -2.22. The second-order valence-corrected chi connectivity index (χ2v) is 6.07. The van der Waals surface area contributed by atoms with Gasteiger partial charge >= 0.3 is 0 Å². The summed E-state index contributed by atoms with van der Waals surface area (Å²) in [5, 5.41) is 9.21. The first-order valence-electron chi connectivity index (χ1n) is 7.55. The summed E-state index contributed by atoms with van der Waals surface area (Å²) in [5.41, 5.74) is 9.55. The Kier molecular flexibility index (Phi) is 3.76. The van der Waals surface area contributed by atoms with E-state index in [9.17, 15) is 5.11 Å². The molecule has 1 aliphatic carbocycles. The Labute approximate surface area is 119 Å². The third kappa shape index (κ3) is 2.45. The standard InChI is InChI=1S/C16H23N3O/c1-10(9-20)15(17)16-18-13-7-6-12(8-14(13)19-16)11-4-2-3-5-11/h6-8,10-11,15,20H,2-5,9,17H2,1H3,(H,18,19)/t10-,15-/m0/s1. The first-order chi connectivity index (χ1) is 9.69. The molecule has 1 fully saturated rings. The molecule has 0 unspecified atom stereocenters. The number of benzene rings is 1. The molecule has 2 atom stereocenters. The van der Waals surface area contributed by atoms with E-state index in [1.807, 2.05) is 6.92 Å². The highest BCUT2D eigenvalue weighted by molar-refractivity contribution is 5.76. The number of rotatable bonds is 4. The molecule has 1 saturated carbocycles. The highest BCUT2D eigenvalue weighted by Gasteiger charge is 2.20. The number of nitrogens with one attached hydrogen (secondary N) is 1. The van der Waals surface area contributed by atoms with E-state index in [0.29, 0.717) is 5.92 Å². The number of aromatic nitrogens is 2. The number of hydrogen-bond acceptors (Lipinski definition) is 3. The van der Waals surface area contributed by atoms with Crippen molar-refractivity contribution in [2.24, 2.45) is 11.7 Å². The van der Waals surface area contributed by atoms with Crippen molar-refractivity contribution in [3.05, 3.63) is 29.6 Å². The van der Waals surface area contributed by atoms with E-state index in [1.54, 1.807) is 0 Å². The summed E-state index contributed by atoms with van der Waals surface area (Å²) in [7, 11) is 0. The number of H-pyrrole nitrogens is 1. The summed E-state index contributed by atoms with van der Waals surface area (Å²) in [5.74, 6) is 1.48. The fourth-order valence-electron chi connectivity index (χ4n) is 3.10. The summed E-state index contributed by atoms with van der Waals surface area (Å²) < 4.78 is 0. The van der Waals surface area contributed by atoms with E-state index < -0.39 is 0 Å². The van der Waals surface area contributed by atoms with Gasteiger partial charge in [0, 0.05) is 12.5 Å². The van der Waals surface area contributed by atoms with Crippen LogP contribution in [0.4, 0.5) is 0 Å². The summed E-state index contributed by atoms with van der Waals surface area (Å²) >= 11 is 0. The lowest BCUT2D eigenvalue weighted by molar-refractivity contribution is 0.215. The van der Waals surface area contributed by atoms with Crippen LogP contribution < -0.4 is 5.73 Å². The number of fused-ring (bicyclic) bond motifs is 1. The second kappa shape index (κ2) is 5.54. The van der Waals surface area contributed by atoms with Crippen LogP contribution in [0.2, 0.25) is 0 Å². The number of hydrogen-bond donors (Lipinski definition) is 3. The van der Waals surface area contributed by atoms with E-state index in [-0.39, 0.29) is 18.6 Å². The zero-order valence-corrected chi connectivity index (χ0v) is 12.0. The molecular formula is C16H23N3O. The number of aromatic amines is 1. The molecule has 0 amide bonds. The van der Waals surface area contributed by atoms with Crippen LogP contribution in [0.15, 0.2) is 18.2 Å². The van der Waals surface area contributed by atoms with Gasteiger partial charge in [-0.3, -0.25) is 0 Å². The lowest BCUT2D eigenvalue weighted by atomic mass is 9.97. The first kappa shape index (κ1) is 13.6. The Morgan fingerprint density at radius 1 is 1.40 bits per heavy atom. The van der Waals surface area contributed by atoms with Gasteiger partial charge in [-0.15, -0.1) is 0 Å². The molecular weight excluding hydrogens is 250 g/mol. The Morgan fingerprint density at radius 3 is 2.85 bits per heavy atom. The lowest BCUT2D eigenvalue weighted by Gasteiger charge is -2.14. The van der Waals surface area contributed by atoms with Crippen molar-refractivity contribution in [3.63, 3.8) is 0 Å². The molecule has 0 spiro atoms. The maximum Gasteiger partial charge on any atom is 0.124 e. The van der Waals surface area contributed by atoms with Crippen LogP contribution in [0.5, 0.6) is 0 Å². The third-order valence-corrected chi connectivity index (χ3v) is 4.57. The zero-order chi connectivity index (χ0) is 14.1. The maximum atomic E-state index is 9.21. The van der Waals surface area contributed by atoms with Gasteiger partial charge in [-0.2, -0.15) is 0 Å². The Hall–Kier alpha value is -1.39. The quantitative estimate of drug-likeness (QED) is 0.802. The molecule has 1 aromatic heterocycles. The fourth-order valence-corrected chi connectivity index (χ4v) is 3.10.